The van der Waals surface area contributed by atoms with E-state index in [1.54, 1.807) is 0 Å². The summed E-state index contributed by atoms with van der Waals surface area (Å²) in [5.74, 6) is 0. The summed E-state index contributed by atoms with van der Waals surface area (Å²) in [4.78, 5) is 1.27. The molecule has 0 bridgehead atoms. The lowest BCUT2D eigenvalue weighted by atomic mass is 10.1. The largest absolute Gasteiger partial charge is 0.392 e. The zero-order chi connectivity index (χ0) is 11.7. The van der Waals surface area contributed by atoms with Gasteiger partial charge in [0, 0.05) is 10.1 Å². The molecule has 0 aliphatic heterocycles. The molecule has 17 heavy (non-hydrogen) atoms. The molecule has 2 heteroatoms. The lowest BCUT2D eigenvalue weighted by molar-refractivity contribution is 0.188. The summed E-state index contributed by atoms with van der Waals surface area (Å²) < 4.78 is 0. The van der Waals surface area contributed by atoms with Gasteiger partial charge in [0.2, 0.25) is 0 Å². The lowest BCUT2D eigenvalue weighted by Crippen LogP contribution is -2.14. The van der Waals surface area contributed by atoms with Crippen molar-refractivity contribution in [3.63, 3.8) is 0 Å². The zero-order valence-corrected chi connectivity index (χ0v) is 10.5. The smallest absolute Gasteiger partial charge is 0.0662 e. The number of aliphatic hydroxyl groups is 1. The van der Waals surface area contributed by atoms with Crippen molar-refractivity contribution in [3.05, 3.63) is 42.5 Å². The van der Waals surface area contributed by atoms with Crippen LogP contribution < -0.4 is 0 Å². The van der Waals surface area contributed by atoms with Gasteiger partial charge in [-0.05, 0) is 42.2 Å². The third-order valence-corrected chi connectivity index (χ3v) is 4.80. The average molecular weight is 244 g/mol. The number of thioether (sulfide) groups is 1. The maximum absolute atomic E-state index is 9.84. The van der Waals surface area contributed by atoms with Gasteiger partial charge in [-0.25, -0.2) is 0 Å². The van der Waals surface area contributed by atoms with Gasteiger partial charge in [0.15, 0.2) is 0 Å². The standard InChI is InChI=1S/C15H16OS/c16-14-6-3-7-15(14)17-13-9-8-11-4-1-2-5-12(11)10-13/h1-2,4-5,8-10,14-16H,3,6-7H2. The molecule has 3 rings (SSSR count). The number of benzene rings is 2. The van der Waals surface area contributed by atoms with Crippen molar-refractivity contribution in [2.75, 3.05) is 0 Å². The highest BCUT2D eigenvalue weighted by Gasteiger charge is 2.25. The summed E-state index contributed by atoms with van der Waals surface area (Å²) in [6, 6.07) is 15.0. The van der Waals surface area contributed by atoms with Crippen LogP contribution in [0.25, 0.3) is 10.8 Å². The molecular weight excluding hydrogens is 228 g/mol. The summed E-state index contributed by atoms with van der Waals surface area (Å²) in [6.45, 7) is 0. The first-order chi connectivity index (χ1) is 8.33. The Kier molecular flexibility index (Phi) is 3.08. The Bertz CT molecular complexity index is 523. The van der Waals surface area contributed by atoms with Gasteiger partial charge in [-0.3, -0.25) is 0 Å². The molecule has 0 radical (unpaired) electrons. The third-order valence-electron chi connectivity index (χ3n) is 3.43. The van der Waals surface area contributed by atoms with Crippen LogP contribution in [0.3, 0.4) is 0 Å². The fraction of sp³-hybridized carbons (Fsp3) is 0.333. The van der Waals surface area contributed by atoms with Crippen molar-refractivity contribution in [1.29, 1.82) is 0 Å². The van der Waals surface area contributed by atoms with Crippen molar-refractivity contribution >= 4 is 22.5 Å². The predicted molar refractivity (Wildman–Crippen MR) is 73.5 cm³/mol. The number of rotatable bonds is 2. The second-order valence-electron chi connectivity index (χ2n) is 4.66. The molecule has 1 aliphatic carbocycles. The first kappa shape index (κ1) is 11.1. The summed E-state index contributed by atoms with van der Waals surface area (Å²) in [6.07, 6.45) is 3.14. The Hall–Kier alpha value is -0.990. The number of hydrogen-bond donors (Lipinski definition) is 1. The summed E-state index contributed by atoms with van der Waals surface area (Å²) in [5.41, 5.74) is 0. The van der Waals surface area contributed by atoms with E-state index in [1.807, 2.05) is 11.8 Å². The van der Waals surface area contributed by atoms with E-state index in [2.05, 4.69) is 42.5 Å². The van der Waals surface area contributed by atoms with Crippen LogP contribution in [0.15, 0.2) is 47.4 Å². The summed E-state index contributed by atoms with van der Waals surface area (Å²) in [7, 11) is 0. The maximum Gasteiger partial charge on any atom is 0.0662 e. The highest BCUT2D eigenvalue weighted by Crippen LogP contribution is 2.35. The average Bonchev–Trinajstić information content (AvgIpc) is 2.75. The monoisotopic (exact) mass is 244 g/mol. The normalized spacial score (nSPS) is 24.3. The van der Waals surface area contributed by atoms with Gasteiger partial charge in [-0.15, -0.1) is 11.8 Å². The number of aliphatic hydroxyl groups excluding tert-OH is 1. The molecule has 2 unspecified atom stereocenters. The topological polar surface area (TPSA) is 20.2 Å². The van der Waals surface area contributed by atoms with Gasteiger partial charge in [-0.2, -0.15) is 0 Å². The Morgan fingerprint density at radius 3 is 2.59 bits per heavy atom. The minimum absolute atomic E-state index is 0.119. The molecule has 0 spiro atoms. The molecule has 0 amide bonds. The minimum Gasteiger partial charge on any atom is -0.392 e. The number of hydrogen-bond acceptors (Lipinski definition) is 2. The van der Waals surface area contributed by atoms with Crippen LogP contribution in [0.4, 0.5) is 0 Å². The molecule has 0 saturated heterocycles. The van der Waals surface area contributed by atoms with E-state index in [0.717, 1.165) is 19.3 Å². The van der Waals surface area contributed by atoms with E-state index in [1.165, 1.54) is 15.7 Å². The molecule has 1 aliphatic rings. The van der Waals surface area contributed by atoms with E-state index in [4.69, 9.17) is 0 Å². The van der Waals surface area contributed by atoms with Crippen molar-refractivity contribution in [2.24, 2.45) is 0 Å². The first-order valence-corrected chi connectivity index (χ1v) is 7.04. The molecule has 2 atom stereocenters. The maximum atomic E-state index is 9.84. The second-order valence-corrected chi connectivity index (χ2v) is 5.98. The molecular formula is C15H16OS. The molecule has 0 aromatic heterocycles. The van der Waals surface area contributed by atoms with Crippen LogP contribution in [0, 0.1) is 0 Å². The van der Waals surface area contributed by atoms with Crippen molar-refractivity contribution in [1.82, 2.24) is 0 Å². The van der Waals surface area contributed by atoms with E-state index in [-0.39, 0.29) is 6.10 Å². The van der Waals surface area contributed by atoms with Crippen molar-refractivity contribution in [2.45, 2.75) is 35.5 Å². The molecule has 1 fully saturated rings. The Balaban J connectivity index is 1.85. The third kappa shape index (κ3) is 2.33. The fourth-order valence-electron chi connectivity index (χ4n) is 2.46. The lowest BCUT2D eigenvalue weighted by Gasteiger charge is -2.14. The molecule has 2 aromatic carbocycles. The molecule has 88 valence electrons. The zero-order valence-electron chi connectivity index (χ0n) is 9.67. The molecule has 0 heterocycles. The molecule has 1 N–H and O–H groups in total. The molecule has 2 aromatic rings. The van der Waals surface area contributed by atoms with Crippen molar-refractivity contribution < 1.29 is 5.11 Å². The fourth-order valence-corrected chi connectivity index (χ4v) is 3.73. The second kappa shape index (κ2) is 4.71. The van der Waals surface area contributed by atoms with Gasteiger partial charge in [0.25, 0.3) is 0 Å². The van der Waals surface area contributed by atoms with Crippen LogP contribution in [-0.2, 0) is 0 Å². The highest BCUT2D eigenvalue weighted by molar-refractivity contribution is 8.00. The van der Waals surface area contributed by atoms with Crippen LogP contribution in [0.1, 0.15) is 19.3 Å². The van der Waals surface area contributed by atoms with Gasteiger partial charge in [-0.1, -0.05) is 30.3 Å². The highest BCUT2D eigenvalue weighted by atomic mass is 32.2. The Labute approximate surface area is 106 Å². The Morgan fingerprint density at radius 2 is 1.82 bits per heavy atom. The van der Waals surface area contributed by atoms with Gasteiger partial charge in [0.05, 0.1) is 6.10 Å². The quantitative estimate of drug-likeness (QED) is 0.866. The minimum atomic E-state index is -0.119. The van der Waals surface area contributed by atoms with Gasteiger partial charge in [0.1, 0.15) is 0 Å². The predicted octanol–water partition coefficient (Wildman–Crippen LogP) is 3.85. The summed E-state index contributed by atoms with van der Waals surface area (Å²) in [5, 5.41) is 12.8. The van der Waals surface area contributed by atoms with Gasteiger partial charge >= 0.3 is 0 Å². The van der Waals surface area contributed by atoms with Crippen LogP contribution in [0.2, 0.25) is 0 Å². The molecule has 1 saturated carbocycles. The van der Waals surface area contributed by atoms with E-state index < -0.39 is 0 Å². The van der Waals surface area contributed by atoms with Crippen LogP contribution in [-0.4, -0.2) is 16.5 Å². The first-order valence-electron chi connectivity index (χ1n) is 6.16. The van der Waals surface area contributed by atoms with Crippen LogP contribution >= 0.6 is 11.8 Å². The van der Waals surface area contributed by atoms with Crippen LogP contribution in [0.5, 0.6) is 0 Å². The SMILES string of the molecule is OC1CCCC1Sc1ccc2ccccc2c1. The summed E-state index contributed by atoms with van der Waals surface area (Å²) >= 11 is 1.82. The Morgan fingerprint density at radius 1 is 1.00 bits per heavy atom. The molecule has 1 nitrogen and oxygen atoms in total. The van der Waals surface area contributed by atoms with E-state index >= 15 is 0 Å². The van der Waals surface area contributed by atoms with E-state index in [9.17, 15) is 5.11 Å². The number of fused-ring (bicyclic) bond motifs is 1. The van der Waals surface area contributed by atoms with Gasteiger partial charge < -0.3 is 5.11 Å². The van der Waals surface area contributed by atoms with E-state index in [0.29, 0.717) is 5.25 Å². The van der Waals surface area contributed by atoms with Crippen molar-refractivity contribution in [3.8, 4) is 0 Å².